The van der Waals surface area contributed by atoms with Gasteiger partial charge in [-0.25, -0.2) is 9.50 Å². The fraction of sp³-hybridized carbons (Fsp3) is 0.100. The van der Waals surface area contributed by atoms with Gasteiger partial charge in [-0.15, -0.1) is 0 Å². The Bertz CT molecular complexity index is 1080. The second-order valence-electron chi connectivity index (χ2n) is 5.73. The van der Waals surface area contributed by atoms with Crippen molar-refractivity contribution in [3.63, 3.8) is 0 Å². The van der Waals surface area contributed by atoms with Crippen LogP contribution in [-0.4, -0.2) is 28.0 Å². The van der Waals surface area contributed by atoms with Crippen LogP contribution >= 0.6 is 27.7 Å². The van der Waals surface area contributed by atoms with Gasteiger partial charge in [0.05, 0.1) is 29.0 Å². The molecule has 2 aromatic carbocycles. The first-order chi connectivity index (χ1) is 12.7. The molecular formula is C20H16BrN3OS. The molecule has 4 aromatic rings. The van der Waals surface area contributed by atoms with Crippen molar-refractivity contribution in [1.82, 2.24) is 14.6 Å². The van der Waals surface area contributed by atoms with Crippen molar-refractivity contribution in [2.75, 3.05) is 13.4 Å². The van der Waals surface area contributed by atoms with Crippen LogP contribution in [0.4, 0.5) is 0 Å². The molecule has 0 aliphatic rings. The van der Waals surface area contributed by atoms with Gasteiger partial charge in [0.15, 0.2) is 5.16 Å². The molecule has 0 unspecified atom stereocenters. The molecule has 0 bridgehead atoms. The molecule has 0 N–H and O–H groups in total. The number of hydrogen-bond acceptors (Lipinski definition) is 4. The molecule has 0 saturated heterocycles. The molecule has 6 heteroatoms. The van der Waals surface area contributed by atoms with Crippen LogP contribution in [0.1, 0.15) is 0 Å². The standard InChI is InChI=1S/C20H16BrN3OS/c1-25-16-5-3-4-15(10-16)13-6-8-14(9-7-13)18-11-19-17(21)12-22-24(19)20(23-18)26-2/h3-12H,1-2H3. The summed E-state index contributed by atoms with van der Waals surface area (Å²) >= 11 is 5.14. The average molecular weight is 426 g/mol. The van der Waals surface area contributed by atoms with Gasteiger partial charge in [0.1, 0.15) is 5.75 Å². The Hall–Kier alpha value is -2.31. The lowest BCUT2D eigenvalue weighted by Crippen LogP contribution is -1.97. The van der Waals surface area contributed by atoms with Gasteiger partial charge >= 0.3 is 0 Å². The molecule has 0 aliphatic heterocycles. The first-order valence-corrected chi connectivity index (χ1v) is 10.0. The van der Waals surface area contributed by atoms with Crippen LogP contribution in [0.2, 0.25) is 0 Å². The number of hydrogen-bond donors (Lipinski definition) is 0. The van der Waals surface area contributed by atoms with Crippen molar-refractivity contribution in [1.29, 1.82) is 0 Å². The summed E-state index contributed by atoms with van der Waals surface area (Å²) < 4.78 is 8.13. The molecule has 0 saturated carbocycles. The second kappa shape index (κ2) is 7.13. The Labute approximate surface area is 164 Å². The van der Waals surface area contributed by atoms with Crippen LogP contribution in [0.15, 0.2) is 70.4 Å². The largest absolute Gasteiger partial charge is 0.497 e. The number of benzene rings is 2. The molecule has 0 fully saturated rings. The van der Waals surface area contributed by atoms with Crippen LogP contribution in [-0.2, 0) is 0 Å². The minimum atomic E-state index is 0.855. The number of ether oxygens (including phenoxy) is 1. The summed E-state index contributed by atoms with van der Waals surface area (Å²) in [6, 6.07) is 18.5. The van der Waals surface area contributed by atoms with Crippen LogP contribution in [0, 0.1) is 0 Å². The van der Waals surface area contributed by atoms with E-state index in [4.69, 9.17) is 9.72 Å². The number of fused-ring (bicyclic) bond motifs is 1. The summed E-state index contributed by atoms with van der Waals surface area (Å²) in [5.74, 6) is 0.855. The Kier molecular flexibility index (Phi) is 4.70. The lowest BCUT2D eigenvalue weighted by Gasteiger charge is -2.08. The van der Waals surface area contributed by atoms with Gasteiger partial charge in [-0.2, -0.15) is 5.10 Å². The quantitative estimate of drug-likeness (QED) is 0.317. The highest BCUT2D eigenvalue weighted by atomic mass is 79.9. The predicted octanol–water partition coefficient (Wildman–Crippen LogP) is 5.56. The lowest BCUT2D eigenvalue weighted by molar-refractivity contribution is 0.415. The van der Waals surface area contributed by atoms with Crippen molar-refractivity contribution in [3.8, 4) is 28.1 Å². The normalized spacial score (nSPS) is 11.0. The summed E-state index contributed by atoms with van der Waals surface area (Å²) in [4.78, 5) is 4.76. The Morgan fingerprint density at radius 3 is 2.50 bits per heavy atom. The number of methoxy groups -OCH3 is 1. The summed E-state index contributed by atoms with van der Waals surface area (Å²) in [5.41, 5.74) is 5.28. The van der Waals surface area contributed by atoms with E-state index in [1.807, 2.05) is 29.0 Å². The second-order valence-corrected chi connectivity index (χ2v) is 7.35. The number of nitrogens with zero attached hydrogens (tertiary/aromatic N) is 3. The van der Waals surface area contributed by atoms with Gasteiger partial charge in [-0.05, 0) is 51.5 Å². The minimum Gasteiger partial charge on any atom is -0.497 e. The molecule has 2 aromatic heterocycles. The van der Waals surface area contributed by atoms with E-state index >= 15 is 0 Å². The third-order valence-corrected chi connectivity index (χ3v) is 5.44. The Morgan fingerprint density at radius 2 is 1.77 bits per heavy atom. The third-order valence-electron chi connectivity index (χ3n) is 4.20. The van der Waals surface area contributed by atoms with E-state index in [-0.39, 0.29) is 0 Å². The number of rotatable bonds is 4. The van der Waals surface area contributed by atoms with Gasteiger partial charge in [0, 0.05) is 5.56 Å². The van der Waals surface area contributed by atoms with Gasteiger partial charge in [-0.3, -0.25) is 0 Å². The van der Waals surface area contributed by atoms with E-state index in [0.717, 1.165) is 43.3 Å². The number of thioether (sulfide) groups is 1. The highest BCUT2D eigenvalue weighted by Gasteiger charge is 2.11. The lowest BCUT2D eigenvalue weighted by atomic mass is 10.0. The van der Waals surface area contributed by atoms with Crippen LogP contribution < -0.4 is 4.74 Å². The van der Waals surface area contributed by atoms with E-state index in [0.29, 0.717) is 0 Å². The van der Waals surface area contributed by atoms with E-state index < -0.39 is 0 Å². The molecule has 26 heavy (non-hydrogen) atoms. The van der Waals surface area contributed by atoms with Crippen LogP contribution in [0.5, 0.6) is 5.75 Å². The Balaban J connectivity index is 1.75. The summed E-state index contributed by atoms with van der Waals surface area (Å²) in [6.07, 6.45) is 3.80. The fourth-order valence-corrected chi connectivity index (χ4v) is 3.73. The van der Waals surface area contributed by atoms with Gasteiger partial charge in [-0.1, -0.05) is 48.2 Å². The van der Waals surface area contributed by atoms with Crippen molar-refractivity contribution >= 4 is 33.2 Å². The fourth-order valence-electron chi connectivity index (χ4n) is 2.85. The highest BCUT2D eigenvalue weighted by molar-refractivity contribution is 9.10. The molecule has 0 spiro atoms. The van der Waals surface area contributed by atoms with Crippen LogP contribution in [0.3, 0.4) is 0 Å². The van der Waals surface area contributed by atoms with Gasteiger partial charge in [0.25, 0.3) is 0 Å². The molecule has 4 nitrogen and oxygen atoms in total. The molecule has 0 radical (unpaired) electrons. The van der Waals surface area contributed by atoms with E-state index in [1.54, 1.807) is 25.1 Å². The molecule has 0 amide bonds. The summed E-state index contributed by atoms with van der Waals surface area (Å²) in [6.45, 7) is 0. The maximum Gasteiger partial charge on any atom is 0.189 e. The number of aromatic nitrogens is 3. The zero-order chi connectivity index (χ0) is 18.1. The van der Waals surface area contributed by atoms with Crippen molar-refractivity contribution in [2.24, 2.45) is 0 Å². The minimum absolute atomic E-state index is 0.855. The maximum atomic E-state index is 5.31. The smallest absolute Gasteiger partial charge is 0.189 e. The zero-order valence-electron chi connectivity index (χ0n) is 14.3. The molecule has 130 valence electrons. The SMILES string of the molecule is COc1cccc(-c2ccc(-c3cc4c(Br)cnn4c(SC)n3)cc2)c1. The topological polar surface area (TPSA) is 39.4 Å². The van der Waals surface area contributed by atoms with Gasteiger partial charge < -0.3 is 4.74 Å². The molecule has 2 heterocycles. The van der Waals surface area contributed by atoms with E-state index in [2.05, 4.69) is 57.4 Å². The highest BCUT2D eigenvalue weighted by Crippen LogP contribution is 2.30. The third kappa shape index (κ3) is 3.10. The molecule has 4 rings (SSSR count). The first kappa shape index (κ1) is 17.1. The van der Waals surface area contributed by atoms with Crippen molar-refractivity contribution in [3.05, 3.63) is 65.3 Å². The van der Waals surface area contributed by atoms with Crippen LogP contribution in [0.25, 0.3) is 27.9 Å². The molecule has 0 aliphatic carbocycles. The van der Waals surface area contributed by atoms with Crippen molar-refractivity contribution in [2.45, 2.75) is 5.16 Å². The summed E-state index contributed by atoms with van der Waals surface area (Å²) in [5, 5.41) is 5.23. The zero-order valence-corrected chi connectivity index (χ0v) is 16.7. The monoisotopic (exact) mass is 425 g/mol. The Morgan fingerprint density at radius 1 is 1.00 bits per heavy atom. The van der Waals surface area contributed by atoms with E-state index in [1.165, 1.54) is 0 Å². The van der Waals surface area contributed by atoms with Crippen molar-refractivity contribution < 1.29 is 4.74 Å². The number of halogens is 1. The van der Waals surface area contributed by atoms with E-state index in [9.17, 15) is 0 Å². The molecule has 0 atom stereocenters. The predicted molar refractivity (Wildman–Crippen MR) is 110 cm³/mol. The molecular weight excluding hydrogens is 410 g/mol. The average Bonchev–Trinajstić information content (AvgIpc) is 3.08. The summed E-state index contributed by atoms with van der Waals surface area (Å²) in [7, 11) is 1.68. The maximum absolute atomic E-state index is 5.31. The van der Waals surface area contributed by atoms with Gasteiger partial charge in [0.2, 0.25) is 0 Å². The first-order valence-electron chi connectivity index (χ1n) is 8.03.